The number of nitrogen functional groups attached to an aromatic ring is 1. The highest BCUT2D eigenvalue weighted by molar-refractivity contribution is 7.86. The summed E-state index contributed by atoms with van der Waals surface area (Å²) in [7, 11) is -3.03. The van der Waals surface area contributed by atoms with Crippen LogP contribution in [0.3, 0.4) is 0 Å². The van der Waals surface area contributed by atoms with E-state index in [2.05, 4.69) is 4.98 Å². The molecule has 7 heteroatoms. The molecule has 1 aromatic rings. The minimum atomic E-state index is -4.75. The maximum atomic E-state index is 11.9. The van der Waals surface area contributed by atoms with Crippen LogP contribution >= 0.6 is 0 Å². The topological polar surface area (TPSA) is 56.0 Å². The van der Waals surface area contributed by atoms with Crippen molar-refractivity contribution in [1.82, 2.24) is 4.98 Å². The zero-order valence-corrected chi connectivity index (χ0v) is 7.02. The second kappa shape index (κ2) is 3.33. The number of halogens is 3. The summed E-state index contributed by atoms with van der Waals surface area (Å²) in [6.45, 7) is 0. The molecule has 0 fully saturated rings. The molecule has 72 valence electrons. The van der Waals surface area contributed by atoms with Crippen molar-refractivity contribution in [2.45, 2.75) is 10.4 Å². The molecule has 1 aromatic heterocycles. The number of nitrogens with two attached hydrogens (primary N) is 1. The fraction of sp³-hybridized carbons (Fsp3) is 0.167. The number of pyridine rings is 1. The quantitative estimate of drug-likeness (QED) is 0.759. The summed E-state index contributed by atoms with van der Waals surface area (Å²) < 4.78 is 46.3. The van der Waals surface area contributed by atoms with Crippen LogP contribution in [0.15, 0.2) is 23.2 Å². The molecule has 0 aliphatic rings. The number of nitrogens with zero attached hydrogens (tertiary/aromatic N) is 1. The molecule has 0 aromatic carbocycles. The van der Waals surface area contributed by atoms with E-state index in [1.165, 1.54) is 6.07 Å². The first kappa shape index (κ1) is 9.97. The Balaban J connectivity index is 2.97. The lowest BCUT2D eigenvalue weighted by Gasteiger charge is -2.04. The molecule has 0 radical (unpaired) electrons. The van der Waals surface area contributed by atoms with Crippen molar-refractivity contribution in [3.63, 3.8) is 0 Å². The van der Waals surface area contributed by atoms with Crippen LogP contribution in [0, 0.1) is 0 Å². The van der Waals surface area contributed by atoms with Crippen LogP contribution < -0.4 is 5.73 Å². The van der Waals surface area contributed by atoms with Gasteiger partial charge in [-0.15, -0.1) is 0 Å². The highest BCUT2D eigenvalue weighted by Crippen LogP contribution is 2.25. The van der Waals surface area contributed by atoms with Gasteiger partial charge in [0.05, 0.1) is 4.90 Å². The van der Waals surface area contributed by atoms with Gasteiger partial charge in [-0.25, -0.2) is 9.19 Å². The van der Waals surface area contributed by atoms with Crippen LogP contribution in [0.25, 0.3) is 0 Å². The Morgan fingerprint density at radius 1 is 1.38 bits per heavy atom. The predicted octanol–water partition coefficient (Wildman–Crippen LogP) is 1.29. The van der Waals surface area contributed by atoms with Gasteiger partial charge in [-0.2, -0.15) is 13.2 Å². The Hall–Kier alpha value is -1.11. The average Bonchev–Trinajstić information content (AvgIpc) is 2.03. The summed E-state index contributed by atoms with van der Waals surface area (Å²) in [5.74, 6) is 0.0860. The second-order valence-electron chi connectivity index (χ2n) is 2.13. The van der Waals surface area contributed by atoms with E-state index >= 15 is 0 Å². The highest BCUT2D eigenvalue weighted by atomic mass is 32.2. The van der Waals surface area contributed by atoms with Crippen LogP contribution in [0.5, 0.6) is 0 Å². The Bertz CT molecular complexity index is 322. The molecule has 0 bridgehead atoms. The maximum absolute atomic E-state index is 11.9. The average molecular weight is 210 g/mol. The Labute approximate surface area is 74.2 Å². The van der Waals surface area contributed by atoms with E-state index in [0.29, 0.717) is 0 Å². The highest BCUT2D eigenvalue weighted by Gasteiger charge is 2.38. The van der Waals surface area contributed by atoms with Crippen molar-refractivity contribution in [3.8, 4) is 0 Å². The molecular weight excluding hydrogens is 205 g/mol. The van der Waals surface area contributed by atoms with Gasteiger partial charge >= 0.3 is 5.51 Å². The first-order chi connectivity index (χ1) is 5.91. The zero-order chi connectivity index (χ0) is 10.1. The van der Waals surface area contributed by atoms with Crippen molar-refractivity contribution < 1.29 is 17.4 Å². The molecule has 0 aliphatic heterocycles. The molecule has 0 aliphatic carbocycles. The second-order valence-corrected chi connectivity index (χ2v) is 3.61. The Morgan fingerprint density at radius 3 is 2.38 bits per heavy atom. The summed E-state index contributed by atoms with van der Waals surface area (Å²) >= 11 is 0. The number of alkyl halides is 3. The van der Waals surface area contributed by atoms with E-state index < -0.39 is 21.2 Å². The van der Waals surface area contributed by atoms with Crippen molar-refractivity contribution in [2.24, 2.45) is 0 Å². The molecular formula is C6H5F3N2OS. The largest absolute Gasteiger partial charge is 0.475 e. The molecule has 0 amide bonds. The van der Waals surface area contributed by atoms with Crippen molar-refractivity contribution in [2.75, 3.05) is 5.73 Å². The maximum Gasteiger partial charge on any atom is 0.475 e. The molecule has 2 N–H and O–H groups in total. The van der Waals surface area contributed by atoms with Crippen LogP contribution in [0.2, 0.25) is 0 Å². The van der Waals surface area contributed by atoms with E-state index in [9.17, 15) is 17.4 Å². The van der Waals surface area contributed by atoms with E-state index in [-0.39, 0.29) is 5.82 Å². The number of hydrogen-bond donors (Lipinski definition) is 1. The lowest BCUT2D eigenvalue weighted by atomic mass is 10.5. The normalized spacial score (nSPS) is 14.1. The molecule has 1 atom stereocenters. The third kappa shape index (κ3) is 2.41. The Morgan fingerprint density at radius 2 is 2.00 bits per heavy atom. The number of hydrogen-bond acceptors (Lipinski definition) is 3. The molecule has 13 heavy (non-hydrogen) atoms. The SMILES string of the molecule is Nc1ccc([S@@](=O)C(F)(F)F)cn1. The predicted molar refractivity (Wildman–Crippen MR) is 41.1 cm³/mol. The molecule has 0 saturated carbocycles. The van der Waals surface area contributed by atoms with Gasteiger partial charge in [0.25, 0.3) is 0 Å². The van der Waals surface area contributed by atoms with Gasteiger partial charge in [0.15, 0.2) is 10.8 Å². The van der Waals surface area contributed by atoms with E-state index in [1.54, 1.807) is 0 Å². The van der Waals surface area contributed by atoms with Gasteiger partial charge in [-0.1, -0.05) is 0 Å². The zero-order valence-electron chi connectivity index (χ0n) is 6.21. The van der Waals surface area contributed by atoms with E-state index in [1.807, 2.05) is 0 Å². The number of rotatable bonds is 1. The third-order valence-electron chi connectivity index (χ3n) is 1.18. The van der Waals surface area contributed by atoms with Crippen LogP contribution in [-0.4, -0.2) is 14.7 Å². The van der Waals surface area contributed by atoms with Gasteiger partial charge in [0, 0.05) is 6.20 Å². The van der Waals surface area contributed by atoms with Crippen molar-refractivity contribution >= 4 is 16.6 Å². The van der Waals surface area contributed by atoms with Gasteiger partial charge in [-0.05, 0) is 12.1 Å². The monoisotopic (exact) mass is 210 g/mol. The summed E-state index contributed by atoms with van der Waals surface area (Å²) in [4.78, 5) is 3.00. The van der Waals surface area contributed by atoms with Crippen molar-refractivity contribution in [3.05, 3.63) is 18.3 Å². The van der Waals surface area contributed by atoms with Gasteiger partial charge < -0.3 is 5.73 Å². The first-order valence-corrected chi connectivity index (χ1v) is 4.26. The van der Waals surface area contributed by atoms with Gasteiger partial charge in [0.2, 0.25) is 0 Å². The first-order valence-electron chi connectivity index (χ1n) is 3.11. The summed E-state index contributed by atoms with van der Waals surface area (Å²) in [6.07, 6.45) is 0.846. The van der Waals surface area contributed by atoms with Crippen LogP contribution in [0.1, 0.15) is 0 Å². The molecule has 3 nitrogen and oxygen atoms in total. The van der Waals surface area contributed by atoms with E-state index in [0.717, 1.165) is 12.3 Å². The summed E-state index contributed by atoms with van der Waals surface area (Å²) in [5.41, 5.74) is 0.392. The Kier molecular flexibility index (Phi) is 2.55. The molecule has 0 saturated heterocycles. The fourth-order valence-electron chi connectivity index (χ4n) is 0.635. The minimum absolute atomic E-state index is 0.0860. The van der Waals surface area contributed by atoms with Crippen LogP contribution in [-0.2, 0) is 10.8 Å². The molecule has 0 spiro atoms. The third-order valence-corrected chi connectivity index (χ3v) is 2.27. The smallest absolute Gasteiger partial charge is 0.384 e. The van der Waals surface area contributed by atoms with Gasteiger partial charge in [0.1, 0.15) is 5.82 Å². The van der Waals surface area contributed by atoms with Crippen LogP contribution in [0.4, 0.5) is 19.0 Å². The number of anilines is 1. The summed E-state index contributed by atoms with van der Waals surface area (Å²) in [6, 6.07) is 2.20. The molecule has 1 heterocycles. The lowest BCUT2D eigenvalue weighted by Crippen LogP contribution is -2.16. The van der Waals surface area contributed by atoms with E-state index in [4.69, 9.17) is 5.73 Å². The number of aromatic nitrogens is 1. The summed E-state index contributed by atoms with van der Waals surface area (Å²) in [5, 5.41) is 0. The lowest BCUT2D eigenvalue weighted by molar-refractivity contribution is -0.0384. The molecule has 0 unspecified atom stereocenters. The van der Waals surface area contributed by atoms with Gasteiger partial charge in [-0.3, -0.25) is 0 Å². The minimum Gasteiger partial charge on any atom is -0.384 e. The fourth-order valence-corrected chi connectivity index (χ4v) is 1.24. The van der Waals surface area contributed by atoms with Crippen molar-refractivity contribution in [1.29, 1.82) is 0 Å². The standard InChI is InChI=1S/C6H5F3N2OS/c7-6(8,9)13(12)4-1-2-5(10)11-3-4/h1-3H,(H2,10,11)/t13-/m1/s1. The molecule has 1 rings (SSSR count).